The van der Waals surface area contributed by atoms with E-state index in [2.05, 4.69) is 17.9 Å². The molecule has 0 aliphatic rings. The van der Waals surface area contributed by atoms with Crippen LogP contribution in [-0.4, -0.2) is 22.8 Å². The Bertz CT molecular complexity index is 689. The summed E-state index contributed by atoms with van der Waals surface area (Å²) in [6.45, 7) is 0. The number of thiol groups is 1. The van der Waals surface area contributed by atoms with Gasteiger partial charge in [-0.2, -0.15) is 12.6 Å². The summed E-state index contributed by atoms with van der Waals surface area (Å²) in [5.74, 6) is -0.476. The first-order chi connectivity index (χ1) is 10.7. The second kappa shape index (κ2) is 7.63. The third-order valence-electron chi connectivity index (χ3n) is 3.16. The van der Waals surface area contributed by atoms with E-state index in [0.717, 1.165) is 12.0 Å². The van der Waals surface area contributed by atoms with Crippen molar-refractivity contribution in [1.29, 1.82) is 0 Å². The maximum atomic E-state index is 12.4. The van der Waals surface area contributed by atoms with Crippen LogP contribution in [0.15, 0.2) is 48.5 Å². The Hall–Kier alpha value is -2.31. The van der Waals surface area contributed by atoms with E-state index in [-0.39, 0.29) is 11.1 Å². The normalized spacial score (nSPS) is 10.1. The lowest BCUT2D eigenvalue weighted by Crippen LogP contribution is -2.24. The van der Waals surface area contributed by atoms with Gasteiger partial charge >= 0.3 is 0 Å². The fourth-order valence-electron chi connectivity index (χ4n) is 2.11. The third kappa shape index (κ3) is 3.66. The molecular weight excluding hydrogens is 300 g/mol. The van der Waals surface area contributed by atoms with Gasteiger partial charge in [-0.15, -0.1) is 0 Å². The first kappa shape index (κ1) is 16.1. The molecule has 2 rings (SSSR count). The summed E-state index contributed by atoms with van der Waals surface area (Å²) >= 11 is 4.20. The average Bonchev–Trinajstić information content (AvgIpc) is 2.56. The Morgan fingerprint density at radius 2 is 1.55 bits per heavy atom. The van der Waals surface area contributed by atoms with Crippen LogP contribution in [0.2, 0.25) is 0 Å². The Morgan fingerprint density at radius 1 is 0.955 bits per heavy atom. The fraction of sp³-hybridized carbons (Fsp3) is 0.125. The summed E-state index contributed by atoms with van der Waals surface area (Å²) < 4.78 is 0. The summed E-state index contributed by atoms with van der Waals surface area (Å²) in [5, 5.41) is 11.6. The van der Waals surface area contributed by atoms with E-state index >= 15 is 0 Å². The number of carbonyl (C=O) groups is 2. The van der Waals surface area contributed by atoms with Gasteiger partial charge in [0.2, 0.25) is 0 Å². The van der Waals surface area contributed by atoms with Crippen LogP contribution in [0.3, 0.4) is 0 Å². The van der Waals surface area contributed by atoms with Crippen LogP contribution in [0.1, 0.15) is 26.3 Å². The zero-order chi connectivity index (χ0) is 15.9. The smallest absolute Gasteiger partial charge is 0.275 e. The average molecular weight is 316 g/mol. The molecule has 0 aromatic heterocycles. The maximum absolute atomic E-state index is 12.4. The SMILES string of the molecule is O=C(NO)c1ccccc1C(=O)Nc1ccccc1CCS. The number of anilines is 1. The van der Waals surface area contributed by atoms with Crippen LogP contribution >= 0.6 is 12.6 Å². The first-order valence-corrected chi connectivity index (χ1v) is 7.34. The highest BCUT2D eigenvalue weighted by molar-refractivity contribution is 7.80. The molecule has 0 unspecified atom stereocenters. The van der Waals surface area contributed by atoms with Crippen LogP contribution < -0.4 is 10.8 Å². The molecule has 5 nitrogen and oxygen atoms in total. The molecule has 0 spiro atoms. The molecular formula is C16H16N2O3S. The van der Waals surface area contributed by atoms with Gasteiger partial charge in [0.1, 0.15) is 0 Å². The van der Waals surface area contributed by atoms with Crippen molar-refractivity contribution in [2.75, 3.05) is 11.1 Å². The highest BCUT2D eigenvalue weighted by atomic mass is 32.1. The number of benzene rings is 2. The molecule has 0 saturated heterocycles. The van der Waals surface area contributed by atoms with Crippen molar-refractivity contribution in [1.82, 2.24) is 5.48 Å². The molecule has 6 heteroatoms. The minimum atomic E-state index is -0.727. The number of carbonyl (C=O) groups excluding carboxylic acids is 2. The van der Waals surface area contributed by atoms with Gasteiger partial charge in [-0.3, -0.25) is 14.8 Å². The van der Waals surface area contributed by atoms with Crippen molar-refractivity contribution in [3.8, 4) is 0 Å². The Morgan fingerprint density at radius 3 is 2.18 bits per heavy atom. The van der Waals surface area contributed by atoms with Crippen LogP contribution in [0.25, 0.3) is 0 Å². The van der Waals surface area contributed by atoms with E-state index in [9.17, 15) is 9.59 Å². The van der Waals surface area contributed by atoms with E-state index in [0.29, 0.717) is 11.4 Å². The molecule has 0 heterocycles. The van der Waals surface area contributed by atoms with Crippen LogP contribution in [-0.2, 0) is 6.42 Å². The molecule has 0 saturated carbocycles. The quantitative estimate of drug-likeness (QED) is 0.389. The van der Waals surface area contributed by atoms with Gasteiger partial charge < -0.3 is 5.32 Å². The lowest BCUT2D eigenvalue weighted by atomic mass is 10.1. The van der Waals surface area contributed by atoms with Gasteiger partial charge in [-0.25, -0.2) is 5.48 Å². The molecule has 0 radical (unpaired) electrons. The zero-order valence-corrected chi connectivity index (χ0v) is 12.6. The largest absolute Gasteiger partial charge is 0.322 e. The second-order valence-electron chi connectivity index (χ2n) is 4.57. The highest BCUT2D eigenvalue weighted by Gasteiger charge is 2.17. The summed E-state index contributed by atoms with van der Waals surface area (Å²) in [5.41, 5.74) is 3.49. The number of rotatable bonds is 5. The number of nitrogens with one attached hydrogen (secondary N) is 2. The molecule has 3 N–H and O–H groups in total. The van der Waals surface area contributed by atoms with E-state index in [4.69, 9.17) is 5.21 Å². The molecule has 0 atom stereocenters. The Balaban J connectivity index is 2.29. The number of hydrogen-bond acceptors (Lipinski definition) is 4. The van der Waals surface area contributed by atoms with Crippen molar-refractivity contribution in [2.45, 2.75) is 6.42 Å². The molecule has 0 bridgehead atoms. The minimum Gasteiger partial charge on any atom is -0.322 e. The van der Waals surface area contributed by atoms with Crippen molar-refractivity contribution in [2.24, 2.45) is 0 Å². The van der Waals surface area contributed by atoms with E-state index < -0.39 is 11.8 Å². The summed E-state index contributed by atoms with van der Waals surface area (Å²) in [6.07, 6.45) is 0.721. The number of hydroxylamine groups is 1. The topological polar surface area (TPSA) is 78.4 Å². The highest BCUT2D eigenvalue weighted by Crippen LogP contribution is 2.18. The number of aryl methyl sites for hydroxylation is 1. The molecule has 2 aromatic carbocycles. The van der Waals surface area contributed by atoms with Gasteiger partial charge in [0.25, 0.3) is 11.8 Å². The van der Waals surface area contributed by atoms with Gasteiger partial charge in [0.05, 0.1) is 11.1 Å². The summed E-state index contributed by atoms with van der Waals surface area (Å²) in [4.78, 5) is 24.0. The molecule has 22 heavy (non-hydrogen) atoms. The monoisotopic (exact) mass is 316 g/mol. The molecule has 0 aliphatic heterocycles. The van der Waals surface area contributed by atoms with E-state index in [1.165, 1.54) is 12.1 Å². The van der Waals surface area contributed by atoms with Crippen molar-refractivity contribution in [3.05, 3.63) is 65.2 Å². The van der Waals surface area contributed by atoms with Gasteiger partial charge in [-0.05, 0) is 35.9 Å². The number of amides is 2. The standard InChI is InChI=1S/C16H16N2O3S/c19-15(12-6-2-3-7-13(12)16(20)18-21)17-14-8-4-1-5-11(14)9-10-22/h1-8,21-22H,9-10H2,(H,17,19)(H,18,20). The third-order valence-corrected chi connectivity index (χ3v) is 3.39. The maximum Gasteiger partial charge on any atom is 0.275 e. The van der Waals surface area contributed by atoms with Crippen LogP contribution in [0, 0.1) is 0 Å². The molecule has 0 aliphatic carbocycles. The van der Waals surface area contributed by atoms with Crippen LogP contribution in [0.5, 0.6) is 0 Å². The lowest BCUT2D eigenvalue weighted by molar-refractivity contribution is 0.0703. The van der Waals surface area contributed by atoms with Gasteiger partial charge in [0, 0.05) is 5.69 Å². The molecule has 2 aromatic rings. The Labute approximate surface area is 133 Å². The second-order valence-corrected chi connectivity index (χ2v) is 5.02. The van der Waals surface area contributed by atoms with Gasteiger partial charge in [-0.1, -0.05) is 30.3 Å². The van der Waals surface area contributed by atoms with Crippen molar-refractivity contribution < 1.29 is 14.8 Å². The summed E-state index contributed by atoms with van der Waals surface area (Å²) in [7, 11) is 0. The van der Waals surface area contributed by atoms with E-state index in [1.54, 1.807) is 23.7 Å². The van der Waals surface area contributed by atoms with Crippen LogP contribution in [0.4, 0.5) is 5.69 Å². The molecule has 2 amide bonds. The van der Waals surface area contributed by atoms with Crippen molar-refractivity contribution >= 4 is 30.1 Å². The fourth-order valence-corrected chi connectivity index (χ4v) is 2.35. The van der Waals surface area contributed by atoms with Gasteiger partial charge in [0.15, 0.2) is 0 Å². The summed E-state index contributed by atoms with van der Waals surface area (Å²) in [6, 6.07) is 13.7. The predicted octanol–water partition coefficient (Wildman–Crippen LogP) is 2.53. The zero-order valence-electron chi connectivity index (χ0n) is 11.7. The Kier molecular flexibility index (Phi) is 5.57. The first-order valence-electron chi connectivity index (χ1n) is 6.71. The van der Waals surface area contributed by atoms with Crippen molar-refractivity contribution in [3.63, 3.8) is 0 Å². The molecule has 0 fully saturated rings. The lowest BCUT2D eigenvalue weighted by Gasteiger charge is -2.12. The minimum absolute atomic E-state index is 0.106. The van der Waals surface area contributed by atoms with E-state index in [1.807, 2.05) is 18.2 Å². The number of hydrogen-bond donors (Lipinski definition) is 4. The molecule has 114 valence electrons. The predicted molar refractivity (Wildman–Crippen MR) is 87.6 cm³/mol. The number of para-hydroxylation sites is 1.